The highest BCUT2D eigenvalue weighted by molar-refractivity contribution is 5.95. The van der Waals surface area contributed by atoms with Crippen LogP contribution in [0.1, 0.15) is 54.0 Å². The van der Waals surface area contributed by atoms with Crippen molar-refractivity contribution in [3.05, 3.63) is 41.7 Å². The first-order valence-electron chi connectivity index (χ1n) is 9.61. The number of ether oxygens (including phenoxy) is 2. The van der Waals surface area contributed by atoms with E-state index in [0.717, 1.165) is 12.8 Å². The zero-order valence-corrected chi connectivity index (χ0v) is 16.2. The van der Waals surface area contributed by atoms with Crippen LogP contribution in [0.25, 0.3) is 0 Å². The van der Waals surface area contributed by atoms with Crippen LogP contribution in [0.2, 0.25) is 0 Å². The summed E-state index contributed by atoms with van der Waals surface area (Å²) in [4.78, 5) is 24.7. The minimum Gasteiger partial charge on any atom is -0.490 e. The van der Waals surface area contributed by atoms with E-state index in [1.165, 1.54) is 0 Å². The van der Waals surface area contributed by atoms with E-state index in [0.29, 0.717) is 42.4 Å². The van der Waals surface area contributed by atoms with Crippen molar-refractivity contribution in [3.63, 3.8) is 0 Å². The summed E-state index contributed by atoms with van der Waals surface area (Å²) in [6, 6.07) is 6.87. The molecule has 8 nitrogen and oxygen atoms in total. The highest BCUT2D eigenvalue weighted by Crippen LogP contribution is 2.29. The number of carbonyl (C=O) groups excluding carboxylic acids is 2. The quantitative estimate of drug-likeness (QED) is 0.646. The topological polar surface area (TPSA) is 105 Å². The maximum Gasteiger partial charge on any atom is 0.269 e. The number of hydrogen-bond acceptors (Lipinski definition) is 5. The molecule has 2 atom stereocenters. The smallest absolute Gasteiger partial charge is 0.269 e. The Labute approximate surface area is 164 Å². The monoisotopic (exact) mass is 386 g/mol. The van der Waals surface area contributed by atoms with Crippen molar-refractivity contribution < 1.29 is 19.1 Å². The molecule has 1 aromatic heterocycles. The molecule has 0 bridgehead atoms. The molecular weight excluding hydrogens is 360 g/mol. The van der Waals surface area contributed by atoms with Gasteiger partial charge in [-0.05, 0) is 57.4 Å². The Morgan fingerprint density at radius 1 is 1.04 bits per heavy atom. The Morgan fingerprint density at radius 3 is 2.36 bits per heavy atom. The average Bonchev–Trinajstić information content (AvgIpc) is 3.36. The summed E-state index contributed by atoms with van der Waals surface area (Å²) in [5.74, 6) is 0.855. The molecule has 0 radical (unpaired) electrons. The summed E-state index contributed by atoms with van der Waals surface area (Å²) in [6.45, 7) is 4.81. The van der Waals surface area contributed by atoms with Crippen LogP contribution in [0.4, 0.5) is 0 Å². The maximum atomic E-state index is 12.6. The van der Waals surface area contributed by atoms with Crippen molar-refractivity contribution in [2.45, 2.75) is 45.2 Å². The van der Waals surface area contributed by atoms with E-state index in [1.807, 2.05) is 13.8 Å². The van der Waals surface area contributed by atoms with Crippen LogP contribution < -0.4 is 20.1 Å². The number of H-pyrrole nitrogens is 1. The molecule has 1 heterocycles. The van der Waals surface area contributed by atoms with Gasteiger partial charge < -0.3 is 20.1 Å². The van der Waals surface area contributed by atoms with Crippen LogP contribution in [-0.2, 0) is 0 Å². The van der Waals surface area contributed by atoms with E-state index in [2.05, 4.69) is 20.8 Å². The van der Waals surface area contributed by atoms with Gasteiger partial charge in [0.05, 0.1) is 13.2 Å². The van der Waals surface area contributed by atoms with Gasteiger partial charge >= 0.3 is 0 Å². The standard InChI is InChI=1S/C20H26N4O4/c1-3-27-17-8-5-13(11-18(17)28-4-2)19(25)22-14-6-7-15(12-14)23-20(26)16-9-10-21-24-16/h5,8-11,14-15H,3-4,6-7,12H2,1-2H3,(H,21,24)(H,22,25)(H,23,26)/t14-,15+/m1/s1. The molecule has 8 heteroatoms. The SMILES string of the molecule is CCOc1ccc(C(=O)N[C@@H]2CC[C@H](NC(=O)c3ccn[nH]3)C2)cc1OCC. The molecule has 3 N–H and O–H groups in total. The van der Waals surface area contributed by atoms with Crippen LogP contribution in [-0.4, -0.2) is 47.3 Å². The van der Waals surface area contributed by atoms with Gasteiger partial charge in [0.15, 0.2) is 11.5 Å². The third kappa shape index (κ3) is 4.82. The second-order valence-corrected chi connectivity index (χ2v) is 6.65. The minimum absolute atomic E-state index is 0.0154. The largest absolute Gasteiger partial charge is 0.490 e. The van der Waals surface area contributed by atoms with Gasteiger partial charge in [0.1, 0.15) is 5.69 Å². The Kier molecular flexibility index (Phi) is 6.52. The third-order valence-corrected chi connectivity index (χ3v) is 4.65. The number of hydrogen-bond donors (Lipinski definition) is 3. The number of aromatic amines is 1. The van der Waals surface area contributed by atoms with Gasteiger partial charge in [0.25, 0.3) is 11.8 Å². The van der Waals surface area contributed by atoms with Crippen molar-refractivity contribution in [3.8, 4) is 11.5 Å². The molecule has 3 rings (SSSR count). The summed E-state index contributed by atoms with van der Waals surface area (Å²) in [5.41, 5.74) is 0.960. The minimum atomic E-state index is -0.178. The Hall–Kier alpha value is -3.03. The molecule has 2 aromatic rings. The normalized spacial score (nSPS) is 18.5. The van der Waals surface area contributed by atoms with Gasteiger partial charge in [-0.3, -0.25) is 14.7 Å². The Morgan fingerprint density at radius 2 is 1.71 bits per heavy atom. The molecule has 1 aliphatic carbocycles. The van der Waals surface area contributed by atoms with E-state index in [1.54, 1.807) is 30.5 Å². The number of aromatic nitrogens is 2. The Bertz CT molecular complexity index is 807. The number of amides is 2. The van der Waals surface area contributed by atoms with Crippen LogP contribution >= 0.6 is 0 Å². The van der Waals surface area contributed by atoms with E-state index >= 15 is 0 Å². The zero-order chi connectivity index (χ0) is 19.9. The molecular formula is C20H26N4O4. The maximum absolute atomic E-state index is 12.6. The van der Waals surface area contributed by atoms with Crippen LogP contribution in [0.5, 0.6) is 11.5 Å². The van der Waals surface area contributed by atoms with E-state index in [4.69, 9.17) is 9.47 Å². The van der Waals surface area contributed by atoms with E-state index in [9.17, 15) is 9.59 Å². The van der Waals surface area contributed by atoms with Gasteiger partial charge in [-0.15, -0.1) is 0 Å². The predicted molar refractivity (Wildman–Crippen MR) is 104 cm³/mol. The summed E-state index contributed by atoms with van der Waals surface area (Å²) < 4.78 is 11.1. The number of rotatable bonds is 8. The lowest BCUT2D eigenvalue weighted by molar-refractivity contribution is 0.0932. The molecule has 1 aromatic carbocycles. The molecule has 150 valence electrons. The molecule has 2 amide bonds. The molecule has 0 spiro atoms. The van der Waals surface area contributed by atoms with Crippen LogP contribution in [0.15, 0.2) is 30.5 Å². The summed E-state index contributed by atoms with van der Waals surface area (Å²) in [5, 5.41) is 12.5. The predicted octanol–water partition coefficient (Wildman–Crippen LogP) is 2.29. The molecule has 0 unspecified atom stereocenters. The van der Waals surface area contributed by atoms with E-state index in [-0.39, 0.29) is 23.9 Å². The van der Waals surface area contributed by atoms with Crippen molar-refractivity contribution in [1.29, 1.82) is 0 Å². The lowest BCUT2D eigenvalue weighted by Gasteiger charge is -2.16. The highest BCUT2D eigenvalue weighted by Gasteiger charge is 2.28. The van der Waals surface area contributed by atoms with Gasteiger partial charge in [0, 0.05) is 23.8 Å². The number of nitrogens with zero attached hydrogens (tertiary/aromatic N) is 1. The zero-order valence-electron chi connectivity index (χ0n) is 16.2. The van der Waals surface area contributed by atoms with Crippen molar-refractivity contribution in [2.24, 2.45) is 0 Å². The lowest BCUT2D eigenvalue weighted by atomic mass is 10.1. The third-order valence-electron chi connectivity index (χ3n) is 4.65. The van der Waals surface area contributed by atoms with Crippen LogP contribution in [0, 0.1) is 0 Å². The van der Waals surface area contributed by atoms with Gasteiger partial charge in [-0.2, -0.15) is 5.10 Å². The molecule has 28 heavy (non-hydrogen) atoms. The van der Waals surface area contributed by atoms with Crippen molar-refractivity contribution in [2.75, 3.05) is 13.2 Å². The summed E-state index contributed by atoms with van der Waals surface area (Å²) in [6.07, 6.45) is 3.87. The molecule has 0 aliphatic heterocycles. The second kappa shape index (κ2) is 9.25. The second-order valence-electron chi connectivity index (χ2n) is 6.65. The lowest BCUT2D eigenvalue weighted by Crippen LogP contribution is -2.37. The van der Waals surface area contributed by atoms with Gasteiger partial charge in [0.2, 0.25) is 0 Å². The van der Waals surface area contributed by atoms with Crippen LogP contribution in [0.3, 0.4) is 0 Å². The summed E-state index contributed by atoms with van der Waals surface area (Å²) >= 11 is 0. The average molecular weight is 386 g/mol. The number of carbonyl (C=O) groups is 2. The molecule has 0 saturated heterocycles. The first-order valence-corrected chi connectivity index (χ1v) is 9.61. The fourth-order valence-corrected chi connectivity index (χ4v) is 3.35. The molecule has 1 fully saturated rings. The van der Waals surface area contributed by atoms with Crippen molar-refractivity contribution in [1.82, 2.24) is 20.8 Å². The fraction of sp³-hybridized carbons (Fsp3) is 0.450. The summed E-state index contributed by atoms with van der Waals surface area (Å²) in [7, 11) is 0. The van der Waals surface area contributed by atoms with Crippen molar-refractivity contribution >= 4 is 11.8 Å². The first-order chi connectivity index (χ1) is 13.6. The Balaban J connectivity index is 1.56. The highest BCUT2D eigenvalue weighted by atomic mass is 16.5. The first kappa shape index (κ1) is 19.7. The van der Waals surface area contributed by atoms with E-state index < -0.39 is 0 Å². The number of nitrogens with one attached hydrogen (secondary N) is 3. The number of benzene rings is 1. The van der Waals surface area contributed by atoms with Gasteiger partial charge in [-0.25, -0.2) is 0 Å². The van der Waals surface area contributed by atoms with Gasteiger partial charge in [-0.1, -0.05) is 0 Å². The fourth-order valence-electron chi connectivity index (χ4n) is 3.35. The molecule has 1 aliphatic rings. The molecule has 1 saturated carbocycles.